The zero-order valence-corrected chi connectivity index (χ0v) is 8.69. The smallest absolute Gasteiger partial charge is 0.278 e. The van der Waals surface area contributed by atoms with Gasteiger partial charge in [-0.05, 0) is 6.92 Å². The van der Waals surface area contributed by atoms with Crippen LogP contribution in [0.5, 0.6) is 5.75 Å². The minimum atomic E-state index is -3.78. The molecule has 0 N–H and O–H groups in total. The van der Waals surface area contributed by atoms with Gasteiger partial charge in [0, 0.05) is 28.5 Å². The summed E-state index contributed by atoms with van der Waals surface area (Å²) in [4.78, 5) is 3.75. The highest BCUT2D eigenvalue weighted by molar-refractivity contribution is 8.13. The Balaban J connectivity index is 3.33. The second-order valence-electron chi connectivity index (χ2n) is 2.42. The van der Waals surface area contributed by atoms with Gasteiger partial charge >= 0.3 is 0 Å². The normalized spacial score (nSPS) is 11.3. The lowest BCUT2D eigenvalue weighted by atomic mass is 10.4. The number of aromatic nitrogens is 1. The Hall–Kier alpha value is -0.810. The number of nitrogens with zero attached hydrogens (tertiary/aromatic N) is 1. The van der Waals surface area contributed by atoms with Crippen LogP contribution in [0, 0.1) is 6.92 Å². The molecule has 1 heterocycles. The van der Waals surface area contributed by atoms with E-state index in [1.807, 2.05) is 0 Å². The van der Waals surface area contributed by atoms with Crippen molar-refractivity contribution < 1.29 is 13.2 Å². The zero-order valence-electron chi connectivity index (χ0n) is 7.11. The van der Waals surface area contributed by atoms with Crippen molar-refractivity contribution in [3.8, 4) is 5.75 Å². The Morgan fingerprint density at radius 2 is 2.08 bits per heavy atom. The van der Waals surface area contributed by atoms with E-state index in [1.165, 1.54) is 13.2 Å². The number of pyridine rings is 1. The minimum absolute atomic E-state index is 0.189. The summed E-state index contributed by atoms with van der Waals surface area (Å²) in [5.41, 5.74) is 0.540. The first-order valence-electron chi connectivity index (χ1n) is 3.41. The van der Waals surface area contributed by atoms with Gasteiger partial charge in [-0.3, -0.25) is 0 Å². The number of halogens is 1. The van der Waals surface area contributed by atoms with Crippen molar-refractivity contribution in [3.05, 3.63) is 17.8 Å². The number of hydrogen-bond acceptors (Lipinski definition) is 4. The molecule has 0 bridgehead atoms. The molecule has 0 aliphatic heterocycles. The van der Waals surface area contributed by atoms with Crippen molar-refractivity contribution in [2.75, 3.05) is 7.11 Å². The largest absolute Gasteiger partial charge is 0.497 e. The van der Waals surface area contributed by atoms with Crippen molar-refractivity contribution in [2.45, 2.75) is 11.9 Å². The maximum Gasteiger partial charge on any atom is 0.278 e. The first-order valence-corrected chi connectivity index (χ1v) is 5.72. The molecule has 0 atom stereocenters. The molecular weight excluding hydrogens is 214 g/mol. The third-order valence-corrected chi connectivity index (χ3v) is 2.57. The molecule has 72 valence electrons. The van der Waals surface area contributed by atoms with Gasteiger partial charge in [-0.15, -0.1) is 0 Å². The SMILES string of the molecule is COc1cc(C)nc(S(=O)(=O)Cl)c1. The number of aryl methyl sites for hydroxylation is 1. The molecule has 0 spiro atoms. The predicted molar refractivity (Wildman–Crippen MR) is 48.6 cm³/mol. The highest BCUT2D eigenvalue weighted by Crippen LogP contribution is 2.19. The van der Waals surface area contributed by atoms with Crippen LogP contribution in [0.3, 0.4) is 0 Å². The van der Waals surface area contributed by atoms with Gasteiger partial charge in [-0.25, -0.2) is 13.4 Å². The average Bonchev–Trinajstić information content (AvgIpc) is 2.01. The predicted octanol–water partition coefficient (Wildman–Crippen LogP) is 1.33. The molecule has 1 aromatic heterocycles. The van der Waals surface area contributed by atoms with Gasteiger partial charge in [0.15, 0.2) is 5.03 Å². The van der Waals surface area contributed by atoms with Gasteiger partial charge in [-0.2, -0.15) is 0 Å². The third kappa shape index (κ3) is 2.57. The number of hydrogen-bond donors (Lipinski definition) is 0. The topological polar surface area (TPSA) is 56.3 Å². The Labute approximate surface area is 80.9 Å². The summed E-state index contributed by atoms with van der Waals surface area (Å²) in [5.74, 6) is 0.423. The maximum absolute atomic E-state index is 10.9. The fourth-order valence-electron chi connectivity index (χ4n) is 0.850. The van der Waals surface area contributed by atoms with Gasteiger partial charge in [0.2, 0.25) is 0 Å². The van der Waals surface area contributed by atoms with Crippen molar-refractivity contribution in [1.82, 2.24) is 4.98 Å². The summed E-state index contributed by atoms with van der Waals surface area (Å²) in [7, 11) is 2.78. The standard InChI is InChI=1S/C7H8ClNO3S/c1-5-3-6(12-2)4-7(9-5)13(8,10)11/h3-4H,1-2H3. The molecule has 0 fully saturated rings. The van der Waals surface area contributed by atoms with Crippen LogP contribution in [0.25, 0.3) is 0 Å². The van der Waals surface area contributed by atoms with E-state index in [9.17, 15) is 8.42 Å². The third-order valence-electron chi connectivity index (χ3n) is 1.39. The van der Waals surface area contributed by atoms with E-state index in [0.717, 1.165) is 0 Å². The monoisotopic (exact) mass is 221 g/mol. The fraction of sp³-hybridized carbons (Fsp3) is 0.286. The molecule has 13 heavy (non-hydrogen) atoms. The zero-order chi connectivity index (χ0) is 10.1. The van der Waals surface area contributed by atoms with Crippen LogP contribution in [-0.4, -0.2) is 20.5 Å². The molecule has 0 saturated heterocycles. The summed E-state index contributed by atoms with van der Waals surface area (Å²) in [6.07, 6.45) is 0. The number of methoxy groups -OCH3 is 1. The Morgan fingerprint density at radius 1 is 1.46 bits per heavy atom. The Bertz CT molecular complexity index is 416. The highest BCUT2D eigenvalue weighted by atomic mass is 35.7. The molecule has 4 nitrogen and oxygen atoms in total. The molecule has 0 saturated carbocycles. The van der Waals surface area contributed by atoms with Crippen LogP contribution in [-0.2, 0) is 9.05 Å². The first-order chi connectivity index (χ1) is 5.93. The van der Waals surface area contributed by atoms with E-state index >= 15 is 0 Å². The van der Waals surface area contributed by atoms with Crippen molar-refractivity contribution >= 4 is 19.7 Å². The second kappa shape index (κ2) is 3.51. The molecule has 0 aliphatic rings. The van der Waals surface area contributed by atoms with E-state index in [1.54, 1.807) is 13.0 Å². The van der Waals surface area contributed by atoms with Crippen LogP contribution in [0.2, 0.25) is 0 Å². The van der Waals surface area contributed by atoms with Gasteiger partial charge in [0.05, 0.1) is 7.11 Å². The van der Waals surface area contributed by atoms with Crippen LogP contribution in [0.15, 0.2) is 17.2 Å². The Kier molecular flexibility index (Phi) is 2.77. The molecule has 0 unspecified atom stereocenters. The second-order valence-corrected chi connectivity index (χ2v) is 4.94. The summed E-state index contributed by atoms with van der Waals surface area (Å²) >= 11 is 0. The van der Waals surface area contributed by atoms with Gasteiger partial charge in [-0.1, -0.05) is 0 Å². The van der Waals surface area contributed by atoms with Gasteiger partial charge < -0.3 is 4.74 Å². The molecule has 0 aliphatic carbocycles. The molecule has 0 radical (unpaired) electrons. The fourth-order valence-corrected chi connectivity index (χ4v) is 1.60. The lowest BCUT2D eigenvalue weighted by Gasteiger charge is -2.02. The van der Waals surface area contributed by atoms with Crippen LogP contribution < -0.4 is 4.74 Å². The lowest BCUT2D eigenvalue weighted by molar-refractivity contribution is 0.412. The molecule has 6 heteroatoms. The summed E-state index contributed by atoms with van der Waals surface area (Å²) in [6.45, 7) is 1.66. The van der Waals surface area contributed by atoms with E-state index in [-0.39, 0.29) is 5.03 Å². The van der Waals surface area contributed by atoms with Crippen molar-refractivity contribution in [3.63, 3.8) is 0 Å². The molecule has 0 amide bonds. The van der Waals surface area contributed by atoms with Gasteiger partial charge in [0.25, 0.3) is 9.05 Å². The summed E-state index contributed by atoms with van der Waals surface area (Å²) in [5, 5.41) is -0.189. The summed E-state index contributed by atoms with van der Waals surface area (Å²) < 4.78 is 26.7. The van der Waals surface area contributed by atoms with Crippen LogP contribution in [0.1, 0.15) is 5.69 Å². The number of rotatable bonds is 2. The van der Waals surface area contributed by atoms with Crippen molar-refractivity contribution in [2.24, 2.45) is 0 Å². The quantitative estimate of drug-likeness (QED) is 0.707. The van der Waals surface area contributed by atoms with Crippen LogP contribution >= 0.6 is 10.7 Å². The van der Waals surface area contributed by atoms with Gasteiger partial charge in [0.1, 0.15) is 5.75 Å². The van der Waals surface area contributed by atoms with Crippen molar-refractivity contribution in [1.29, 1.82) is 0 Å². The van der Waals surface area contributed by atoms with E-state index < -0.39 is 9.05 Å². The maximum atomic E-state index is 10.9. The number of ether oxygens (including phenoxy) is 1. The average molecular weight is 222 g/mol. The van der Waals surface area contributed by atoms with E-state index in [4.69, 9.17) is 15.4 Å². The molecule has 1 rings (SSSR count). The van der Waals surface area contributed by atoms with Crippen LogP contribution in [0.4, 0.5) is 0 Å². The lowest BCUT2D eigenvalue weighted by Crippen LogP contribution is -1.97. The molecule has 0 aromatic carbocycles. The summed E-state index contributed by atoms with van der Waals surface area (Å²) in [6, 6.07) is 2.89. The highest BCUT2D eigenvalue weighted by Gasteiger charge is 2.13. The van der Waals surface area contributed by atoms with E-state index in [0.29, 0.717) is 11.4 Å². The minimum Gasteiger partial charge on any atom is -0.497 e. The Morgan fingerprint density at radius 3 is 2.54 bits per heavy atom. The molecular formula is C7H8ClNO3S. The van der Waals surface area contributed by atoms with E-state index in [2.05, 4.69) is 4.98 Å². The molecule has 1 aromatic rings. The first kappa shape index (κ1) is 10.3.